The molecular formula is C11H12F5N. The van der Waals surface area contributed by atoms with Crippen LogP contribution in [0, 0.1) is 29.1 Å². The topological polar surface area (TPSA) is 26.0 Å². The van der Waals surface area contributed by atoms with Crippen LogP contribution in [0.2, 0.25) is 0 Å². The van der Waals surface area contributed by atoms with Crippen molar-refractivity contribution >= 4 is 0 Å². The van der Waals surface area contributed by atoms with Gasteiger partial charge in [-0.2, -0.15) is 0 Å². The molecule has 0 aliphatic carbocycles. The highest BCUT2D eigenvalue weighted by Gasteiger charge is 2.37. The molecule has 96 valence electrons. The van der Waals surface area contributed by atoms with Crippen LogP contribution in [-0.2, 0) is 5.41 Å². The van der Waals surface area contributed by atoms with Crippen molar-refractivity contribution in [3.63, 3.8) is 0 Å². The third-order valence-corrected chi connectivity index (χ3v) is 2.99. The fourth-order valence-corrected chi connectivity index (χ4v) is 1.40. The number of hydrogen-bond acceptors (Lipinski definition) is 1. The standard InChI is InChI=1S/C11H12F5N/c1-4(17)11(2,3)5-6(12)8(14)10(16)9(15)7(5)13/h4H,17H2,1-3H3. The van der Waals surface area contributed by atoms with Gasteiger partial charge in [0.05, 0.1) is 0 Å². The third kappa shape index (κ3) is 2.01. The minimum Gasteiger partial charge on any atom is -0.327 e. The van der Waals surface area contributed by atoms with Crippen molar-refractivity contribution < 1.29 is 22.0 Å². The fourth-order valence-electron chi connectivity index (χ4n) is 1.40. The summed E-state index contributed by atoms with van der Waals surface area (Å²) in [5.74, 6) is -9.73. The SMILES string of the molecule is CC(N)C(C)(C)c1c(F)c(F)c(F)c(F)c1F. The first-order valence-corrected chi connectivity index (χ1v) is 4.89. The van der Waals surface area contributed by atoms with E-state index in [0.717, 1.165) is 0 Å². The van der Waals surface area contributed by atoms with Gasteiger partial charge in [-0.1, -0.05) is 13.8 Å². The minimum atomic E-state index is -2.16. The number of hydrogen-bond donors (Lipinski definition) is 1. The van der Waals surface area contributed by atoms with E-state index in [0.29, 0.717) is 0 Å². The summed E-state index contributed by atoms with van der Waals surface area (Å²) in [6.07, 6.45) is 0. The summed E-state index contributed by atoms with van der Waals surface area (Å²) >= 11 is 0. The molecule has 0 aliphatic rings. The molecule has 0 spiro atoms. The van der Waals surface area contributed by atoms with E-state index in [2.05, 4.69) is 0 Å². The van der Waals surface area contributed by atoms with Crippen LogP contribution in [0.15, 0.2) is 0 Å². The summed E-state index contributed by atoms with van der Waals surface area (Å²) in [7, 11) is 0. The Kier molecular flexibility index (Phi) is 3.47. The Hall–Kier alpha value is -1.17. The predicted octanol–water partition coefficient (Wildman–Crippen LogP) is 3.01. The van der Waals surface area contributed by atoms with Crippen molar-refractivity contribution in [1.29, 1.82) is 0 Å². The summed E-state index contributed by atoms with van der Waals surface area (Å²) in [6.45, 7) is 4.06. The molecule has 2 N–H and O–H groups in total. The van der Waals surface area contributed by atoms with Crippen molar-refractivity contribution in [3.8, 4) is 0 Å². The van der Waals surface area contributed by atoms with E-state index in [4.69, 9.17) is 5.73 Å². The van der Waals surface area contributed by atoms with E-state index in [1.165, 1.54) is 20.8 Å². The van der Waals surface area contributed by atoms with E-state index in [-0.39, 0.29) is 0 Å². The second kappa shape index (κ2) is 4.25. The smallest absolute Gasteiger partial charge is 0.200 e. The van der Waals surface area contributed by atoms with Crippen LogP contribution in [0.25, 0.3) is 0 Å². The lowest BCUT2D eigenvalue weighted by molar-refractivity contribution is 0.330. The maximum Gasteiger partial charge on any atom is 0.200 e. The van der Waals surface area contributed by atoms with Crippen LogP contribution in [-0.4, -0.2) is 6.04 Å². The van der Waals surface area contributed by atoms with Crippen LogP contribution in [0.4, 0.5) is 22.0 Å². The molecule has 1 unspecified atom stereocenters. The lowest BCUT2D eigenvalue weighted by Gasteiger charge is -2.30. The molecule has 1 nitrogen and oxygen atoms in total. The first-order chi connectivity index (χ1) is 7.62. The molecule has 0 fully saturated rings. The predicted molar refractivity (Wildman–Crippen MR) is 52.9 cm³/mol. The molecule has 0 saturated carbocycles. The maximum absolute atomic E-state index is 13.5. The van der Waals surface area contributed by atoms with E-state index < -0.39 is 46.1 Å². The number of halogens is 5. The molecule has 1 atom stereocenters. The van der Waals surface area contributed by atoms with Gasteiger partial charge in [0, 0.05) is 17.0 Å². The summed E-state index contributed by atoms with van der Waals surface area (Å²) in [5.41, 5.74) is 3.25. The van der Waals surface area contributed by atoms with Gasteiger partial charge >= 0.3 is 0 Å². The van der Waals surface area contributed by atoms with Gasteiger partial charge in [0.1, 0.15) is 0 Å². The monoisotopic (exact) mass is 253 g/mol. The van der Waals surface area contributed by atoms with Gasteiger partial charge in [-0.3, -0.25) is 0 Å². The Balaban J connectivity index is 3.66. The second-order valence-electron chi connectivity index (χ2n) is 4.46. The zero-order valence-corrected chi connectivity index (χ0v) is 9.54. The summed E-state index contributed by atoms with van der Waals surface area (Å²) in [5, 5.41) is 0. The Morgan fingerprint density at radius 1 is 0.824 bits per heavy atom. The quantitative estimate of drug-likeness (QED) is 0.489. The molecule has 17 heavy (non-hydrogen) atoms. The molecule has 6 heteroatoms. The third-order valence-electron chi connectivity index (χ3n) is 2.99. The van der Waals surface area contributed by atoms with Gasteiger partial charge in [-0.05, 0) is 6.92 Å². The molecule has 0 saturated heterocycles. The highest BCUT2D eigenvalue weighted by atomic mass is 19.2. The van der Waals surface area contributed by atoms with Crippen LogP contribution in [0.1, 0.15) is 26.3 Å². The summed E-state index contributed by atoms with van der Waals surface area (Å²) < 4.78 is 65.8. The first-order valence-electron chi connectivity index (χ1n) is 4.89. The maximum atomic E-state index is 13.5. The van der Waals surface area contributed by atoms with Crippen LogP contribution < -0.4 is 5.73 Å². The van der Waals surface area contributed by atoms with Crippen LogP contribution >= 0.6 is 0 Å². The molecule has 0 radical (unpaired) electrons. The van der Waals surface area contributed by atoms with Crippen LogP contribution in [0.5, 0.6) is 0 Å². The first kappa shape index (κ1) is 13.9. The van der Waals surface area contributed by atoms with Crippen molar-refractivity contribution in [3.05, 3.63) is 34.6 Å². The van der Waals surface area contributed by atoms with Crippen LogP contribution in [0.3, 0.4) is 0 Å². The van der Waals surface area contributed by atoms with E-state index in [1.807, 2.05) is 0 Å². The van der Waals surface area contributed by atoms with Gasteiger partial charge in [0.15, 0.2) is 23.3 Å². The average Bonchev–Trinajstić information content (AvgIpc) is 2.23. The fraction of sp³-hybridized carbons (Fsp3) is 0.455. The Morgan fingerprint density at radius 2 is 1.12 bits per heavy atom. The largest absolute Gasteiger partial charge is 0.327 e. The molecule has 0 bridgehead atoms. The van der Waals surface area contributed by atoms with Crippen molar-refractivity contribution in [2.45, 2.75) is 32.2 Å². The minimum absolute atomic E-state index is 0.782. The van der Waals surface area contributed by atoms with E-state index >= 15 is 0 Å². The zero-order valence-electron chi connectivity index (χ0n) is 9.54. The molecule has 0 heterocycles. The summed E-state index contributed by atoms with van der Waals surface area (Å²) in [6, 6.07) is -0.782. The van der Waals surface area contributed by atoms with Gasteiger partial charge in [0.25, 0.3) is 0 Å². The molecule has 0 aliphatic heterocycles. The van der Waals surface area contributed by atoms with Crippen molar-refractivity contribution in [1.82, 2.24) is 0 Å². The molecule has 0 aromatic heterocycles. The van der Waals surface area contributed by atoms with Gasteiger partial charge in [0.2, 0.25) is 5.82 Å². The van der Waals surface area contributed by atoms with Crippen molar-refractivity contribution in [2.24, 2.45) is 5.73 Å². The lowest BCUT2D eigenvalue weighted by Crippen LogP contribution is -2.40. The Bertz CT molecular complexity index is 425. The molecule has 1 aromatic carbocycles. The normalized spacial score (nSPS) is 13.9. The average molecular weight is 253 g/mol. The van der Waals surface area contributed by atoms with Gasteiger partial charge in [-0.25, -0.2) is 22.0 Å². The number of benzene rings is 1. The number of nitrogens with two attached hydrogens (primary N) is 1. The lowest BCUT2D eigenvalue weighted by atomic mass is 9.78. The van der Waals surface area contributed by atoms with E-state index in [9.17, 15) is 22.0 Å². The second-order valence-corrected chi connectivity index (χ2v) is 4.46. The van der Waals surface area contributed by atoms with E-state index in [1.54, 1.807) is 0 Å². The molecule has 1 aromatic rings. The molecule has 0 amide bonds. The zero-order chi connectivity index (χ0) is 13.5. The summed E-state index contributed by atoms with van der Waals surface area (Å²) in [4.78, 5) is 0. The van der Waals surface area contributed by atoms with Gasteiger partial charge in [-0.15, -0.1) is 0 Å². The highest BCUT2D eigenvalue weighted by Crippen LogP contribution is 2.34. The Morgan fingerprint density at radius 3 is 1.41 bits per heavy atom. The molecular weight excluding hydrogens is 241 g/mol. The van der Waals surface area contributed by atoms with Crippen molar-refractivity contribution in [2.75, 3.05) is 0 Å². The molecule has 1 rings (SSSR count). The van der Waals surface area contributed by atoms with Gasteiger partial charge < -0.3 is 5.73 Å². The highest BCUT2D eigenvalue weighted by molar-refractivity contribution is 5.31. The number of rotatable bonds is 2. The Labute approximate surface area is 95.4 Å².